The fourth-order valence-corrected chi connectivity index (χ4v) is 2.00. The summed E-state index contributed by atoms with van der Waals surface area (Å²) in [4.78, 5) is 33.7. The van der Waals surface area contributed by atoms with Gasteiger partial charge in [-0.3, -0.25) is 30.6 Å². The van der Waals surface area contributed by atoms with Gasteiger partial charge in [-0.15, -0.1) is 0 Å². The molecular formula is C16H15N3O5. The van der Waals surface area contributed by atoms with E-state index in [0.29, 0.717) is 22.6 Å². The summed E-state index contributed by atoms with van der Waals surface area (Å²) in [5.41, 5.74) is 5.23. The van der Waals surface area contributed by atoms with Crippen molar-refractivity contribution in [1.82, 2.24) is 10.9 Å². The van der Waals surface area contributed by atoms with Gasteiger partial charge in [-0.05, 0) is 31.6 Å². The number of nitrogens with one attached hydrogen (secondary N) is 2. The highest BCUT2D eigenvalue weighted by atomic mass is 16.6. The number of hydrazine groups is 1. The Kier molecular flexibility index (Phi) is 5.10. The Labute approximate surface area is 137 Å². The van der Waals surface area contributed by atoms with Gasteiger partial charge in [0.15, 0.2) is 0 Å². The minimum atomic E-state index is -0.576. The summed E-state index contributed by atoms with van der Waals surface area (Å²) in [6.45, 7) is 3.36. The number of furan rings is 1. The maximum atomic E-state index is 11.9. The van der Waals surface area contributed by atoms with E-state index in [9.17, 15) is 19.7 Å². The summed E-state index contributed by atoms with van der Waals surface area (Å²) in [7, 11) is 0. The van der Waals surface area contributed by atoms with Gasteiger partial charge in [-0.25, -0.2) is 0 Å². The third-order valence-corrected chi connectivity index (χ3v) is 3.09. The molecule has 1 aromatic carbocycles. The third kappa shape index (κ3) is 4.29. The van der Waals surface area contributed by atoms with Crippen molar-refractivity contribution in [2.45, 2.75) is 13.8 Å². The van der Waals surface area contributed by atoms with Crippen LogP contribution in [0.25, 0.3) is 6.08 Å². The molecule has 0 atom stereocenters. The lowest BCUT2D eigenvalue weighted by Crippen LogP contribution is -2.40. The first-order valence-electron chi connectivity index (χ1n) is 6.96. The maximum absolute atomic E-state index is 11.9. The second-order valence-electron chi connectivity index (χ2n) is 4.96. The van der Waals surface area contributed by atoms with Crippen LogP contribution in [0.5, 0.6) is 0 Å². The number of carbonyl (C=O) groups is 2. The largest absolute Gasteiger partial charge is 0.466 e. The molecule has 1 heterocycles. The molecule has 0 aliphatic heterocycles. The van der Waals surface area contributed by atoms with Crippen LogP contribution in [0.1, 0.15) is 27.4 Å². The zero-order valence-electron chi connectivity index (χ0n) is 13.0. The number of rotatable bonds is 4. The molecule has 0 spiro atoms. The van der Waals surface area contributed by atoms with E-state index in [2.05, 4.69) is 10.9 Å². The fourth-order valence-electron chi connectivity index (χ4n) is 2.00. The summed E-state index contributed by atoms with van der Waals surface area (Å²) in [6, 6.07) is 7.39. The van der Waals surface area contributed by atoms with Crippen molar-refractivity contribution in [3.05, 3.63) is 69.2 Å². The molecule has 0 saturated heterocycles. The van der Waals surface area contributed by atoms with Crippen molar-refractivity contribution in [3.8, 4) is 0 Å². The molecule has 0 bridgehead atoms. The predicted octanol–water partition coefficient (Wildman–Crippen LogP) is 2.28. The quantitative estimate of drug-likeness (QED) is 0.507. The minimum absolute atomic E-state index is 0.0725. The average Bonchev–Trinajstić information content (AvgIpc) is 2.89. The second kappa shape index (κ2) is 7.23. The van der Waals surface area contributed by atoms with Crippen LogP contribution >= 0.6 is 0 Å². The molecule has 0 aliphatic rings. The molecule has 0 saturated carbocycles. The van der Waals surface area contributed by atoms with Gasteiger partial charge in [-0.2, -0.15) is 0 Å². The molecule has 8 heteroatoms. The molecule has 2 aromatic rings. The van der Waals surface area contributed by atoms with E-state index in [0.717, 1.165) is 6.08 Å². The van der Waals surface area contributed by atoms with Crippen LogP contribution in [0, 0.1) is 24.0 Å². The maximum Gasteiger partial charge on any atom is 0.273 e. The summed E-state index contributed by atoms with van der Waals surface area (Å²) < 4.78 is 5.24. The standard InChI is InChI=1S/C16H15N3O5/c1-10-8-14(11(2)24-10)16(21)18-17-15(20)7-6-12-4-3-5-13(9-12)19(22)23/h3-9H,1-2H3,(H,17,20)(H,18,21)/b7-6+. The highest BCUT2D eigenvalue weighted by Crippen LogP contribution is 2.14. The number of nitrogens with zero attached hydrogens (tertiary/aromatic N) is 1. The Hall–Kier alpha value is -3.42. The van der Waals surface area contributed by atoms with E-state index >= 15 is 0 Å². The second-order valence-corrected chi connectivity index (χ2v) is 4.96. The van der Waals surface area contributed by atoms with Crippen molar-refractivity contribution in [2.75, 3.05) is 0 Å². The van der Waals surface area contributed by atoms with Crippen LogP contribution in [0.4, 0.5) is 5.69 Å². The number of benzene rings is 1. The molecule has 124 valence electrons. The third-order valence-electron chi connectivity index (χ3n) is 3.09. The number of hydrogen-bond donors (Lipinski definition) is 2. The Balaban J connectivity index is 1.93. The smallest absolute Gasteiger partial charge is 0.273 e. The van der Waals surface area contributed by atoms with Gasteiger partial charge in [0.2, 0.25) is 0 Å². The zero-order valence-corrected chi connectivity index (χ0v) is 13.0. The number of non-ortho nitro benzene ring substituents is 1. The first-order chi connectivity index (χ1) is 11.4. The van der Waals surface area contributed by atoms with Crippen molar-refractivity contribution in [1.29, 1.82) is 0 Å². The van der Waals surface area contributed by atoms with Gasteiger partial charge >= 0.3 is 0 Å². The molecule has 0 unspecified atom stereocenters. The number of aryl methyl sites for hydroxylation is 2. The normalized spacial score (nSPS) is 10.6. The molecule has 2 rings (SSSR count). The van der Waals surface area contributed by atoms with Crippen LogP contribution in [0.15, 0.2) is 40.8 Å². The molecule has 0 fully saturated rings. The lowest BCUT2D eigenvalue weighted by molar-refractivity contribution is -0.384. The minimum Gasteiger partial charge on any atom is -0.466 e. The summed E-state index contributed by atoms with van der Waals surface area (Å²) in [5, 5.41) is 10.7. The van der Waals surface area contributed by atoms with Crippen LogP contribution in [0.3, 0.4) is 0 Å². The van der Waals surface area contributed by atoms with Gasteiger partial charge in [-0.1, -0.05) is 12.1 Å². The van der Waals surface area contributed by atoms with E-state index in [1.54, 1.807) is 26.0 Å². The van der Waals surface area contributed by atoms with E-state index in [1.807, 2.05) is 0 Å². The average molecular weight is 329 g/mol. The van der Waals surface area contributed by atoms with E-state index in [4.69, 9.17) is 4.42 Å². The van der Waals surface area contributed by atoms with Gasteiger partial charge in [0, 0.05) is 18.2 Å². The van der Waals surface area contributed by atoms with Crippen molar-refractivity contribution in [2.24, 2.45) is 0 Å². The van der Waals surface area contributed by atoms with Crippen molar-refractivity contribution in [3.63, 3.8) is 0 Å². The van der Waals surface area contributed by atoms with Gasteiger partial charge in [0.05, 0.1) is 10.5 Å². The van der Waals surface area contributed by atoms with Crippen LogP contribution in [0.2, 0.25) is 0 Å². The molecule has 1 aromatic heterocycles. The Morgan fingerprint density at radius 3 is 2.58 bits per heavy atom. The van der Waals surface area contributed by atoms with Crippen molar-refractivity contribution < 1.29 is 18.9 Å². The number of carbonyl (C=O) groups excluding carboxylic acids is 2. The number of nitro benzene ring substituents is 1. The molecule has 2 amide bonds. The van der Waals surface area contributed by atoms with Crippen molar-refractivity contribution >= 4 is 23.6 Å². The molecule has 0 aliphatic carbocycles. The molecule has 2 N–H and O–H groups in total. The lowest BCUT2D eigenvalue weighted by Gasteiger charge is -2.04. The van der Waals surface area contributed by atoms with Gasteiger partial charge in [0.25, 0.3) is 17.5 Å². The van der Waals surface area contributed by atoms with Gasteiger partial charge in [0.1, 0.15) is 11.5 Å². The number of hydrogen-bond acceptors (Lipinski definition) is 5. The van der Waals surface area contributed by atoms with E-state index in [1.165, 1.54) is 24.3 Å². The van der Waals surface area contributed by atoms with Crippen LogP contribution in [-0.4, -0.2) is 16.7 Å². The zero-order chi connectivity index (χ0) is 17.7. The first-order valence-corrected chi connectivity index (χ1v) is 6.96. The molecule has 24 heavy (non-hydrogen) atoms. The Morgan fingerprint density at radius 2 is 1.96 bits per heavy atom. The van der Waals surface area contributed by atoms with Crippen LogP contribution < -0.4 is 10.9 Å². The summed E-state index contributed by atoms with van der Waals surface area (Å²) in [6.07, 6.45) is 2.56. The predicted molar refractivity (Wildman–Crippen MR) is 85.9 cm³/mol. The number of amides is 2. The summed E-state index contributed by atoms with van der Waals surface area (Å²) >= 11 is 0. The molecule has 8 nitrogen and oxygen atoms in total. The lowest BCUT2D eigenvalue weighted by atomic mass is 10.2. The SMILES string of the molecule is Cc1cc(C(=O)NNC(=O)/C=C/c2cccc([N+](=O)[O-])c2)c(C)o1. The summed E-state index contributed by atoms with van der Waals surface area (Å²) in [5.74, 6) is -0.0323. The van der Waals surface area contributed by atoms with E-state index in [-0.39, 0.29) is 5.69 Å². The topological polar surface area (TPSA) is 114 Å². The molecular weight excluding hydrogens is 314 g/mol. The van der Waals surface area contributed by atoms with Gasteiger partial charge < -0.3 is 4.42 Å². The monoisotopic (exact) mass is 329 g/mol. The highest BCUT2D eigenvalue weighted by Gasteiger charge is 2.13. The highest BCUT2D eigenvalue weighted by molar-refractivity contribution is 5.98. The first kappa shape index (κ1) is 16.9. The van der Waals surface area contributed by atoms with E-state index < -0.39 is 16.7 Å². The number of nitro groups is 1. The van der Waals surface area contributed by atoms with Crippen LogP contribution in [-0.2, 0) is 4.79 Å². The fraction of sp³-hybridized carbons (Fsp3) is 0.125. The Bertz CT molecular complexity index is 823. The molecule has 0 radical (unpaired) electrons. The Morgan fingerprint density at radius 1 is 1.21 bits per heavy atom.